The number of morpholine rings is 1. The Labute approximate surface area is 143 Å². The third kappa shape index (κ3) is 3.27. The number of thiophene rings is 1. The third-order valence-corrected chi connectivity index (χ3v) is 4.95. The van der Waals surface area contributed by atoms with Crippen molar-refractivity contribution in [2.45, 2.75) is 0 Å². The van der Waals surface area contributed by atoms with Gasteiger partial charge in [0, 0.05) is 18.0 Å². The van der Waals surface area contributed by atoms with Crippen molar-refractivity contribution < 1.29 is 24.2 Å². The number of hydrogen-bond donors (Lipinski definition) is 1. The van der Waals surface area contributed by atoms with E-state index < -0.39 is 5.97 Å². The molecule has 7 heteroatoms. The van der Waals surface area contributed by atoms with E-state index in [1.54, 1.807) is 29.2 Å². The van der Waals surface area contributed by atoms with Crippen LogP contribution >= 0.6 is 11.3 Å². The SMILES string of the molecule is COc1ccc(-c2ccc(C(=O)O)s2)cc1C(=O)N1CCOCC1. The van der Waals surface area contributed by atoms with Gasteiger partial charge in [0.2, 0.25) is 0 Å². The minimum atomic E-state index is -0.954. The zero-order chi connectivity index (χ0) is 17.1. The maximum atomic E-state index is 12.8. The Balaban J connectivity index is 1.95. The highest BCUT2D eigenvalue weighted by Gasteiger charge is 2.22. The topological polar surface area (TPSA) is 76.1 Å². The fourth-order valence-corrected chi connectivity index (χ4v) is 3.41. The number of carbonyl (C=O) groups is 2. The number of benzene rings is 1. The molecule has 1 N–H and O–H groups in total. The molecule has 0 spiro atoms. The van der Waals surface area contributed by atoms with E-state index in [1.165, 1.54) is 18.4 Å². The lowest BCUT2D eigenvalue weighted by Crippen LogP contribution is -2.40. The van der Waals surface area contributed by atoms with E-state index >= 15 is 0 Å². The zero-order valence-corrected chi connectivity index (χ0v) is 14.0. The molecule has 0 bridgehead atoms. The molecule has 1 fully saturated rings. The average molecular weight is 347 g/mol. The van der Waals surface area contributed by atoms with Crippen molar-refractivity contribution >= 4 is 23.2 Å². The first-order chi connectivity index (χ1) is 11.6. The minimum Gasteiger partial charge on any atom is -0.496 e. The second-order valence-corrected chi connectivity index (χ2v) is 6.37. The Bertz CT molecular complexity index is 764. The van der Waals surface area contributed by atoms with Gasteiger partial charge in [-0.25, -0.2) is 4.79 Å². The fourth-order valence-electron chi connectivity index (χ4n) is 2.57. The number of carboxylic acids is 1. The normalized spacial score (nSPS) is 14.5. The van der Waals surface area contributed by atoms with Crippen LogP contribution in [0.15, 0.2) is 30.3 Å². The van der Waals surface area contributed by atoms with Gasteiger partial charge < -0.3 is 19.5 Å². The van der Waals surface area contributed by atoms with Crippen LogP contribution in [0, 0.1) is 0 Å². The van der Waals surface area contributed by atoms with Gasteiger partial charge in [0.15, 0.2) is 0 Å². The summed E-state index contributed by atoms with van der Waals surface area (Å²) < 4.78 is 10.6. The molecule has 0 unspecified atom stereocenters. The van der Waals surface area contributed by atoms with Crippen molar-refractivity contribution in [3.63, 3.8) is 0 Å². The molecule has 24 heavy (non-hydrogen) atoms. The summed E-state index contributed by atoms with van der Waals surface area (Å²) in [6.07, 6.45) is 0. The molecule has 1 saturated heterocycles. The van der Waals surface area contributed by atoms with Crippen molar-refractivity contribution in [3.8, 4) is 16.2 Å². The first-order valence-electron chi connectivity index (χ1n) is 7.48. The summed E-state index contributed by atoms with van der Waals surface area (Å²) in [6.45, 7) is 2.16. The minimum absolute atomic E-state index is 0.105. The average Bonchev–Trinajstić information content (AvgIpc) is 3.12. The largest absolute Gasteiger partial charge is 0.496 e. The maximum Gasteiger partial charge on any atom is 0.345 e. The van der Waals surface area contributed by atoms with Gasteiger partial charge in [0.1, 0.15) is 10.6 Å². The van der Waals surface area contributed by atoms with Crippen LogP contribution < -0.4 is 4.74 Å². The van der Waals surface area contributed by atoms with Gasteiger partial charge in [-0.05, 0) is 35.9 Å². The Morgan fingerprint density at radius 1 is 1.21 bits per heavy atom. The standard InChI is InChI=1S/C17H17NO5S/c1-22-13-3-2-11(14-4-5-15(24-14)17(20)21)10-12(13)16(19)18-6-8-23-9-7-18/h2-5,10H,6-9H2,1H3,(H,20,21). The lowest BCUT2D eigenvalue weighted by atomic mass is 10.1. The van der Waals surface area contributed by atoms with Crippen LogP contribution in [0.25, 0.3) is 10.4 Å². The van der Waals surface area contributed by atoms with E-state index in [9.17, 15) is 9.59 Å². The molecule has 1 aromatic carbocycles. The molecule has 2 aromatic rings. The van der Waals surface area contributed by atoms with Gasteiger partial charge in [0.25, 0.3) is 5.91 Å². The Kier molecular flexibility index (Phi) is 4.82. The summed E-state index contributed by atoms with van der Waals surface area (Å²) in [6, 6.07) is 8.64. The molecule has 0 radical (unpaired) electrons. The Morgan fingerprint density at radius 2 is 1.96 bits per heavy atom. The molecule has 6 nitrogen and oxygen atoms in total. The molecule has 1 aliphatic heterocycles. The summed E-state index contributed by atoms with van der Waals surface area (Å²) in [5, 5.41) is 9.06. The molecule has 1 amide bonds. The summed E-state index contributed by atoms with van der Waals surface area (Å²) in [5.74, 6) is -0.554. The van der Waals surface area contributed by atoms with Gasteiger partial charge in [-0.15, -0.1) is 11.3 Å². The first-order valence-corrected chi connectivity index (χ1v) is 8.30. The predicted molar refractivity (Wildman–Crippen MR) is 90.0 cm³/mol. The second kappa shape index (κ2) is 7.02. The number of ether oxygens (including phenoxy) is 2. The van der Waals surface area contributed by atoms with Crippen molar-refractivity contribution in [2.24, 2.45) is 0 Å². The van der Waals surface area contributed by atoms with Gasteiger partial charge in [-0.1, -0.05) is 0 Å². The van der Waals surface area contributed by atoms with Crippen LogP contribution in [-0.4, -0.2) is 55.3 Å². The number of rotatable bonds is 4. The van der Waals surface area contributed by atoms with Gasteiger partial charge >= 0.3 is 5.97 Å². The molecular formula is C17H17NO5S. The predicted octanol–water partition coefficient (Wildman–Crippen LogP) is 2.59. The number of amides is 1. The van der Waals surface area contributed by atoms with Gasteiger partial charge in [-0.3, -0.25) is 4.79 Å². The number of carbonyl (C=O) groups excluding carboxylic acids is 1. The van der Waals surface area contributed by atoms with Gasteiger partial charge in [-0.2, -0.15) is 0 Å². The number of nitrogens with zero attached hydrogens (tertiary/aromatic N) is 1. The lowest BCUT2D eigenvalue weighted by molar-refractivity contribution is 0.0301. The first kappa shape index (κ1) is 16.5. The second-order valence-electron chi connectivity index (χ2n) is 5.29. The van der Waals surface area contributed by atoms with Crippen molar-refractivity contribution in [2.75, 3.05) is 33.4 Å². The molecule has 0 atom stereocenters. The monoisotopic (exact) mass is 347 g/mol. The quantitative estimate of drug-likeness (QED) is 0.920. The van der Waals surface area contributed by atoms with E-state index in [2.05, 4.69) is 0 Å². The zero-order valence-electron chi connectivity index (χ0n) is 13.2. The molecular weight excluding hydrogens is 330 g/mol. The van der Waals surface area contributed by atoms with E-state index in [4.69, 9.17) is 14.6 Å². The number of hydrogen-bond acceptors (Lipinski definition) is 5. The van der Waals surface area contributed by atoms with E-state index in [-0.39, 0.29) is 10.8 Å². The van der Waals surface area contributed by atoms with Crippen molar-refractivity contribution in [3.05, 3.63) is 40.8 Å². The van der Waals surface area contributed by atoms with Crippen LogP contribution in [0.5, 0.6) is 5.75 Å². The van der Waals surface area contributed by atoms with Crippen molar-refractivity contribution in [1.29, 1.82) is 0 Å². The molecule has 3 rings (SSSR count). The maximum absolute atomic E-state index is 12.8. The smallest absolute Gasteiger partial charge is 0.345 e. The highest BCUT2D eigenvalue weighted by atomic mass is 32.1. The third-order valence-electron chi connectivity index (χ3n) is 3.83. The molecule has 126 valence electrons. The number of aromatic carboxylic acids is 1. The highest BCUT2D eigenvalue weighted by Crippen LogP contribution is 2.32. The fraction of sp³-hybridized carbons (Fsp3) is 0.294. The lowest BCUT2D eigenvalue weighted by Gasteiger charge is -2.27. The summed E-state index contributed by atoms with van der Waals surface area (Å²) in [7, 11) is 1.53. The summed E-state index contributed by atoms with van der Waals surface area (Å²) in [5.41, 5.74) is 1.27. The molecule has 0 aliphatic carbocycles. The Morgan fingerprint density at radius 3 is 2.58 bits per heavy atom. The van der Waals surface area contributed by atoms with Crippen LogP contribution in [0.1, 0.15) is 20.0 Å². The number of methoxy groups -OCH3 is 1. The van der Waals surface area contributed by atoms with Crippen LogP contribution in [0.3, 0.4) is 0 Å². The summed E-state index contributed by atoms with van der Waals surface area (Å²) >= 11 is 1.18. The van der Waals surface area contributed by atoms with E-state index in [0.717, 1.165) is 10.4 Å². The van der Waals surface area contributed by atoms with Crippen LogP contribution in [0.2, 0.25) is 0 Å². The summed E-state index contributed by atoms with van der Waals surface area (Å²) in [4.78, 5) is 26.6. The molecule has 0 saturated carbocycles. The van der Waals surface area contributed by atoms with Crippen LogP contribution in [-0.2, 0) is 4.74 Å². The van der Waals surface area contributed by atoms with Crippen LogP contribution in [0.4, 0.5) is 0 Å². The van der Waals surface area contributed by atoms with E-state index in [0.29, 0.717) is 37.6 Å². The van der Waals surface area contributed by atoms with Crippen molar-refractivity contribution in [1.82, 2.24) is 4.90 Å². The Hall–Kier alpha value is -2.38. The van der Waals surface area contributed by atoms with Gasteiger partial charge in [0.05, 0.1) is 25.9 Å². The highest BCUT2D eigenvalue weighted by molar-refractivity contribution is 7.17. The molecule has 1 aliphatic rings. The molecule has 1 aromatic heterocycles. The molecule has 2 heterocycles. The number of carboxylic acid groups (broad SMARTS) is 1. The van der Waals surface area contributed by atoms with E-state index in [1.807, 2.05) is 6.07 Å².